The second kappa shape index (κ2) is 97.3. The van der Waals surface area contributed by atoms with Gasteiger partial charge >= 0.3 is 0 Å². The van der Waals surface area contributed by atoms with Crippen LogP contribution in [0.3, 0.4) is 0 Å². The van der Waals surface area contributed by atoms with E-state index in [0.717, 1.165) is 0 Å². The maximum Gasteiger partial charge on any atom is 0.180 e. The number of thiazole rings is 1. The van der Waals surface area contributed by atoms with Crippen molar-refractivity contribution in [2.24, 2.45) is 91.5 Å². The standard InChI is InChI=1S/2C5H7N.2C5H5N.13C5H12.C4H6N2.2C4H4N2.2C4H4O.2C4H4S.C3H3NO.C3H3NS/c2*1-6-4-2-3-5-6;2*1-2-4-6-5-3-1;13*1-5(2,3)4;1-6-3-2-5-4-6;1-2-6-4-3-5-1;1-2-4-6-5-3-1;4*1-2-4-5-3-1;2*1-2-5-3-4-1/h2*2-5H,1H3;2*1-5H;13*1-4H3;2-4H,1H3;2*1-4H;4*1-4H;2*1-3H. The smallest absolute Gasteiger partial charge is 0.180 e. The molecular formula is C119H216N12O3S3. The van der Waals surface area contributed by atoms with Crippen LogP contribution < -0.4 is 0 Å². The highest BCUT2D eigenvalue weighted by atomic mass is 32.1. The van der Waals surface area contributed by atoms with Crippen LogP contribution >= 0.6 is 34.0 Å². The van der Waals surface area contributed by atoms with E-state index in [1.54, 1.807) is 151 Å². The number of pyridine rings is 2. The molecule has 18 heteroatoms. The van der Waals surface area contributed by atoms with Crippen LogP contribution in [-0.4, -0.2) is 58.8 Å². The molecule has 0 fully saturated rings. The van der Waals surface area contributed by atoms with Crippen molar-refractivity contribution >= 4 is 34.0 Å². The molecule has 0 aliphatic carbocycles. The number of hydrogen-bond donors (Lipinski definition) is 0. The van der Waals surface area contributed by atoms with Gasteiger partial charge in [0.2, 0.25) is 0 Å². The van der Waals surface area contributed by atoms with Gasteiger partial charge in [-0.25, -0.2) is 9.97 Å². The van der Waals surface area contributed by atoms with Crippen molar-refractivity contribution < 1.29 is 13.3 Å². The Morgan fingerprint density at radius 1 is 0.168 bits per heavy atom. The zero-order valence-corrected chi connectivity index (χ0v) is 101. The van der Waals surface area contributed by atoms with Gasteiger partial charge in [0, 0.05) is 132 Å². The molecule has 13 rings (SSSR count). The number of hydrogen-bond acceptors (Lipinski definition) is 15. The van der Waals surface area contributed by atoms with E-state index in [-0.39, 0.29) is 0 Å². The predicted molar refractivity (Wildman–Crippen MR) is 618 cm³/mol. The second-order valence-electron chi connectivity index (χ2n) is 51.3. The van der Waals surface area contributed by atoms with Crippen molar-refractivity contribution in [2.45, 2.75) is 360 Å². The summed E-state index contributed by atoms with van der Waals surface area (Å²) in [5.41, 5.74) is 8.29. The van der Waals surface area contributed by atoms with Gasteiger partial charge in [0.1, 0.15) is 6.26 Å². The minimum atomic E-state index is 0.500. The summed E-state index contributed by atoms with van der Waals surface area (Å²) in [4.78, 5) is 26.1. The summed E-state index contributed by atoms with van der Waals surface area (Å²) >= 11 is 5.03. The molecule has 0 N–H and O–H groups in total. The van der Waals surface area contributed by atoms with Gasteiger partial charge in [-0.3, -0.25) is 24.9 Å². The maximum atomic E-state index is 4.58. The molecule has 13 aromatic rings. The number of imidazole rings is 1. The fraction of sp³-hybridized carbons (Fsp3) is 0.571. The summed E-state index contributed by atoms with van der Waals surface area (Å²) in [6.07, 6.45) is 43.0. The highest BCUT2D eigenvalue weighted by Crippen LogP contribution is 2.14. The molecule has 0 saturated heterocycles. The minimum absolute atomic E-state index is 0.500. The van der Waals surface area contributed by atoms with Crippen molar-refractivity contribution in [1.29, 1.82) is 0 Å². The lowest BCUT2D eigenvalue weighted by Crippen LogP contribution is -1.93. The van der Waals surface area contributed by atoms with Crippen molar-refractivity contribution in [2.75, 3.05) is 0 Å². The average Bonchev–Trinajstić information content (AvgIpc) is 1.91. The van der Waals surface area contributed by atoms with Crippen LogP contribution in [-0.2, 0) is 21.1 Å². The van der Waals surface area contributed by atoms with Crippen LogP contribution in [0.2, 0.25) is 0 Å². The first-order chi connectivity index (χ1) is 61.7. The molecule has 0 atom stereocenters. The molecule has 13 heterocycles. The number of oxazole rings is 1. The monoisotopic (exact) mass is 1960 g/mol. The van der Waals surface area contributed by atoms with E-state index in [2.05, 4.69) is 418 Å². The van der Waals surface area contributed by atoms with E-state index in [1.807, 2.05) is 214 Å². The number of rotatable bonds is 0. The van der Waals surface area contributed by atoms with Gasteiger partial charge in [-0.2, -0.15) is 32.9 Å². The summed E-state index contributed by atoms with van der Waals surface area (Å²) in [6, 6.07) is 38.5. The van der Waals surface area contributed by atoms with E-state index < -0.39 is 0 Å². The van der Waals surface area contributed by atoms with Gasteiger partial charge in [-0.1, -0.05) is 396 Å². The molecule has 0 amide bonds. The number of furan rings is 2. The first-order valence-corrected chi connectivity index (χ1v) is 50.2. The van der Waals surface area contributed by atoms with Gasteiger partial charge in [-0.05, 0) is 177 Å². The molecule has 137 heavy (non-hydrogen) atoms. The van der Waals surface area contributed by atoms with Crippen molar-refractivity contribution in [1.82, 2.24) is 58.8 Å². The molecule has 0 spiro atoms. The minimum Gasteiger partial charge on any atom is -0.473 e. The van der Waals surface area contributed by atoms with E-state index in [1.165, 1.54) is 12.7 Å². The van der Waals surface area contributed by atoms with Crippen LogP contribution in [0.4, 0.5) is 0 Å². The summed E-state index contributed by atoms with van der Waals surface area (Å²) in [7, 11) is 5.94. The van der Waals surface area contributed by atoms with Crippen LogP contribution in [0.15, 0.2) is 323 Å². The Balaban J connectivity index is -0.000000106. The van der Waals surface area contributed by atoms with E-state index in [4.69, 9.17) is 0 Å². The third kappa shape index (κ3) is 455. The Morgan fingerprint density at radius 3 is 0.460 bits per heavy atom. The van der Waals surface area contributed by atoms with E-state index in [0.29, 0.717) is 70.4 Å². The lowest BCUT2D eigenvalue weighted by molar-refractivity contribution is 0.469. The topological polar surface area (TPSA) is 170 Å². The van der Waals surface area contributed by atoms with Crippen LogP contribution in [0.25, 0.3) is 0 Å². The van der Waals surface area contributed by atoms with Gasteiger partial charge in [-0.15, -0.1) is 11.3 Å². The van der Waals surface area contributed by atoms with E-state index in [9.17, 15) is 0 Å². The molecule has 0 unspecified atom stereocenters. The van der Waals surface area contributed by atoms with Crippen molar-refractivity contribution in [3.63, 3.8) is 0 Å². The first-order valence-electron chi connectivity index (χ1n) is 47.4. The zero-order chi connectivity index (χ0) is 110. The predicted octanol–water partition coefficient (Wildman–Crippen LogP) is 40.1. The Morgan fingerprint density at radius 2 is 0.394 bits per heavy atom. The Bertz CT molecular complexity index is 2990. The Labute approximate surface area is 861 Å². The maximum absolute atomic E-state index is 4.58. The molecule has 15 nitrogen and oxygen atoms in total. The fourth-order valence-electron chi connectivity index (χ4n) is 3.56. The van der Waals surface area contributed by atoms with Gasteiger partial charge in [0.15, 0.2) is 6.39 Å². The highest BCUT2D eigenvalue weighted by molar-refractivity contribution is 7.08. The number of nitrogens with zero attached hydrogens (tertiary/aromatic N) is 12. The third-order valence-electron chi connectivity index (χ3n) is 6.63. The normalized spacial score (nSPS) is 10.0. The molecular weight excluding hydrogens is 1740 g/mol. The van der Waals surface area contributed by atoms with Crippen LogP contribution in [0.5, 0.6) is 0 Å². The van der Waals surface area contributed by atoms with Crippen LogP contribution in [0.1, 0.15) is 360 Å². The number of aromatic nitrogens is 12. The molecule has 0 aliphatic heterocycles. The molecule has 13 aromatic heterocycles. The first kappa shape index (κ1) is 156. The molecule has 0 bridgehead atoms. The van der Waals surface area contributed by atoms with Crippen molar-refractivity contribution in [3.05, 3.63) is 309 Å². The van der Waals surface area contributed by atoms with Crippen molar-refractivity contribution in [3.8, 4) is 0 Å². The van der Waals surface area contributed by atoms with Crippen LogP contribution in [0, 0.1) is 70.4 Å². The van der Waals surface area contributed by atoms with Gasteiger partial charge in [0.25, 0.3) is 0 Å². The second-order valence-corrected chi connectivity index (χ2v) is 53.7. The molecule has 0 aromatic carbocycles. The quantitative estimate of drug-likeness (QED) is 0.141. The third-order valence-corrected chi connectivity index (χ3v) is 8.41. The molecule has 0 aliphatic rings. The molecule has 788 valence electrons. The lowest BCUT2D eigenvalue weighted by Gasteiger charge is -2.05. The summed E-state index contributed by atoms with van der Waals surface area (Å²) in [5, 5.41) is 17.2. The largest absolute Gasteiger partial charge is 0.473 e. The summed E-state index contributed by atoms with van der Waals surface area (Å²) in [5.74, 6) is 0. The average molecular weight is 1960 g/mol. The lowest BCUT2D eigenvalue weighted by atomic mass is 10.0. The summed E-state index contributed by atoms with van der Waals surface area (Å²) < 4.78 is 19.5. The Hall–Kier alpha value is -8.97. The number of thiophene rings is 2. The molecule has 0 saturated carbocycles. The van der Waals surface area contributed by atoms with Gasteiger partial charge < -0.3 is 27.0 Å². The zero-order valence-electron chi connectivity index (χ0n) is 98.8. The Kier molecular flexibility index (Phi) is 111. The molecule has 0 radical (unpaired) electrons. The van der Waals surface area contributed by atoms with Gasteiger partial charge in [0.05, 0.1) is 43.1 Å². The number of aryl methyl sites for hydroxylation is 3. The highest BCUT2D eigenvalue weighted by Gasteiger charge is 2.02. The SMILES string of the molecule is CC(C)(C)C.CC(C)(C)C.CC(C)(C)C.CC(C)(C)C.CC(C)(C)C.CC(C)(C)C.CC(C)(C)C.CC(C)(C)C.CC(C)(C)C.CC(C)(C)C.CC(C)(C)C.CC(C)(C)C.CC(C)(C)C.Cn1cccc1.Cn1cccc1.Cn1ccnc1.c1ccncc1.c1ccncc1.c1ccnnc1.c1ccoc1.c1ccoc1.c1ccsc1.c1ccsc1.c1cnccn1.c1cocn1.c1cscn1. The van der Waals surface area contributed by atoms with E-state index >= 15 is 0 Å². The fourth-order valence-corrected chi connectivity index (χ4v) is 4.82. The summed E-state index contributed by atoms with van der Waals surface area (Å²) in [6.45, 7) is 114.